The van der Waals surface area contributed by atoms with E-state index in [1.165, 1.54) is 4.90 Å². The lowest BCUT2D eigenvalue weighted by Crippen LogP contribution is -2.43. The Hall–Kier alpha value is -1.60. The van der Waals surface area contributed by atoms with Gasteiger partial charge in [0.15, 0.2) is 0 Å². The van der Waals surface area contributed by atoms with Crippen LogP contribution in [0.3, 0.4) is 0 Å². The summed E-state index contributed by atoms with van der Waals surface area (Å²) in [7, 11) is 1.89. The summed E-state index contributed by atoms with van der Waals surface area (Å²) < 4.78 is 2.17. The normalized spacial score (nSPS) is 18.9. The molecule has 1 fully saturated rings. The van der Waals surface area contributed by atoms with E-state index in [2.05, 4.69) is 0 Å². The fourth-order valence-corrected chi connectivity index (χ4v) is 3.33. The first-order valence-electron chi connectivity index (χ1n) is 6.06. The number of nitrogens with zero attached hydrogens (tertiary/aromatic N) is 2. The van der Waals surface area contributed by atoms with Crippen LogP contribution in [-0.4, -0.2) is 36.8 Å². The van der Waals surface area contributed by atoms with Gasteiger partial charge in [0.05, 0.1) is 4.91 Å². The average molecular weight is 310 g/mol. The Morgan fingerprint density at radius 2 is 2.30 bits per heavy atom. The van der Waals surface area contributed by atoms with E-state index in [0.29, 0.717) is 15.6 Å². The van der Waals surface area contributed by atoms with E-state index in [1.54, 1.807) is 13.0 Å². The summed E-state index contributed by atoms with van der Waals surface area (Å²) in [6, 6.07) is 0.977. The standard InChI is InChI=1S/C13H14N2O3S2/c1-3-9(12(17)18)15-11(16)10(20-13(15)19)6-8-4-5-14(2)7-8/h4-7,9H,3H2,1-2H3,(H,17,18)/b10-6+. The Kier molecular flexibility index (Phi) is 4.29. The van der Waals surface area contributed by atoms with Gasteiger partial charge in [0, 0.05) is 19.4 Å². The van der Waals surface area contributed by atoms with E-state index in [0.717, 1.165) is 17.3 Å². The highest BCUT2D eigenvalue weighted by Crippen LogP contribution is 2.34. The smallest absolute Gasteiger partial charge is 0.326 e. The summed E-state index contributed by atoms with van der Waals surface area (Å²) >= 11 is 6.28. The molecule has 0 aromatic carbocycles. The van der Waals surface area contributed by atoms with Crippen molar-refractivity contribution in [2.45, 2.75) is 19.4 Å². The first-order valence-corrected chi connectivity index (χ1v) is 7.28. The van der Waals surface area contributed by atoms with Crippen LogP contribution in [0, 0.1) is 0 Å². The molecule has 1 aliphatic rings. The maximum atomic E-state index is 12.3. The average Bonchev–Trinajstić information content (AvgIpc) is 2.89. The van der Waals surface area contributed by atoms with Gasteiger partial charge in [0.1, 0.15) is 10.4 Å². The van der Waals surface area contributed by atoms with Crippen LogP contribution in [-0.2, 0) is 16.6 Å². The molecule has 2 heterocycles. The molecule has 106 valence electrons. The maximum absolute atomic E-state index is 12.3. The highest BCUT2D eigenvalue weighted by molar-refractivity contribution is 8.26. The number of aryl methyl sites for hydroxylation is 1. The predicted molar refractivity (Wildman–Crippen MR) is 82.1 cm³/mol. The topological polar surface area (TPSA) is 62.5 Å². The third kappa shape index (κ3) is 2.78. The van der Waals surface area contributed by atoms with Crippen LogP contribution in [0.2, 0.25) is 0 Å². The molecule has 0 radical (unpaired) electrons. The Morgan fingerprint density at radius 1 is 1.60 bits per heavy atom. The fourth-order valence-electron chi connectivity index (χ4n) is 1.98. The van der Waals surface area contributed by atoms with Crippen molar-refractivity contribution >= 4 is 46.3 Å². The third-order valence-corrected chi connectivity index (χ3v) is 4.29. The molecule has 1 atom stereocenters. The Balaban J connectivity index is 2.29. The maximum Gasteiger partial charge on any atom is 0.326 e. The minimum Gasteiger partial charge on any atom is -0.480 e. The lowest BCUT2D eigenvalue weighted by Gasteiger charge is -2.21. The van der Waals surface area contributed by atoms with E-state index in [-0.39, 0.29) is 5.91 Å². The Morgan fingerprint density at radius 3 is 2.80 bits per heavy atom. The number of aliphatic carboxylic acids is 1. The van der Waals surface area contributed by atoms with Gasteiger partial charge in [-0.25, -0.2) is 4.79 Å². The lowest BCUT2D eigenvalue weighted by molar-refractivity contribution is -0.145. The van der Waals surface area contributed by atoms with E-state index in [9.17, 15) is 9.59 Å². The molecule has 0 bridgehead atoms. The number of hydrogen-bond acceptors (Lipinski definition) is 4. The van der Waals surface area contributed by atoms with Crippen LogP contribution in [0.1, 0.15) is 18.9 Å². The van der Waals surface area contributed by atoms with E-state index in [1.807, 2.05) is 30.1 Å². The highest BCUT2D eigenvalue weighted by atomic mass is 32.2. The molecule has 1 aromatic rings. The van der Waals surface area contributed by atoms with E-state index in [4.69, 9.17) is 17.3 Å². The molecule has 20 heavy (non-hydrogen) atoms. The minimum absolute atomic E-state index is 0.298. The zero-order valence-electron chi connectivity index (χ0n) is 11.1. The summed E-state index contributed by atoms with van der Waals surface area (Å²) in [5, 5.41) is 9.16. The van der Waals surface area contributed by atoms with Gasteiger partial charge in [0.25, 0.3) is 5.91 Å². The Labute approximate surface area is 126 Å². The second-order valence-electron chi connectivity index (χ2n) is 4.42. The number of thioether (sulfide) groups is 1. The van der Waals surface area contributed by atoms with Gasteiger partial charge in [-0.2, -0.15) is 0 Å². The van der Waals surface area contributed by atoms with Gasteiger partial charge in [-0.15, -0.1) is 0 Å². The molecule has 1 unspecified atom stereocenters. The lowest BCUT2D eigenvalue weighted by atomic mass is 10.2. The van der Waals surface area contributed by atoms with Crippen molar-refractivity contribution < 1.29 is 14.7 Å². The molecular formula is C13H14N2O3S2. The van der Waals surface area contributed by atoms with Crippen molar-refractivity contribution in [3.63, 3.8) is 0 Å². The van der Waals surface area contributed by atoms with Crippen LogP contribution in [0.5, 0.6) is 0 Å². The monoisotopic (exact) mass is 310 g/mol. The molecule has 1 aliphatic heterocycles. The molecule has 2 rings (SSSR count). The molecule has 1 N–H and O–H groups in total. The summed E-state index contributed by atoms with van der Waals surface area (Å²) in [6.07, 6.45) is 5.80. The van der Waals surface area contributed by atoms with Crippen molar-refractivity contribution in [1.29, 1.82) is 0 Å². The number of rotatable bonds is 4. The van der Waals surface area contributed by atoms with E-state index < -0.39 is 12.0 Å². The molecule has 0 aliphatic carbocycles. The van der Waals surface area contributed by atoms with Crippen LogP contribution < -0.4 is 0 Å². The van der Waals surface area contributed by atoms with Gasteiger partial charge in [-0.05, 0) is 24.1 Å². The third-order valence-electron chi connectivity index (χ3n) is 2.96. The van der Waals surface area contributed by atoms with Crippen LogP contribution in [0.4, 0.5) is 0 Å². The van der Waals surface area contributed by atoms with E-state index >= 15 is 0 Å². The minimum atomic E-state index is -1.04. The number of carboxylic acids is 1. The SMILES string of the molecule is CCC(C(=O)O)N1C(=O)/C(=C\c2ccn(C)c2)SC1=S. The van der Waals surface area contributed by atoms with Crippen molar-refractivity contribution in [3.8, 4) is 0 Å². The number of carboxylic acid groups (broad SMARTS) is 1. The van der Waals surface area contributed by atoms with Gasteiger partial charge in [-0.1, -0.05) is 30.9 Å². The van der Waals surface area contributed by atoms with Gasteiger partial charge >= 0.3 is 5.97 Å². The largest absolute Gasteiger partial charge is 0.480 e. The van der Waals surface area contributed by atoms with Crippen LogP contribution in [0.15, 0.2) is 23.4 Å². The van der Waals surface area contributed by atoms with Crippen molar-refractivity contribution in [3.05, 3.63) is 28.9 Å². The number of thiocarbonyl (C=S) groups is 1. The van der Waals surface area contributed by atoms with Gasteiger partial charge in [-0.3, -0.25) is 9.69 Å². The number of carbonyl (C=O) groups excluding carboxylic acids is 1. The van der Waals surface area contributed by atoms with Crippen LogP contribution in [0.25, 0.3) is 6.08 Å². The molecule has 1 amide bonds. The van der Waals surface area contributed by atoms with Crippen molar-refractivity contribution in [2.24, 2.45) is 7.05 Å². The van der Waals surface area contributed by atoms with Crippen molar-refractivity contribution in [1.82, 2.24) is 9.47 Å². The molecule has 0 spiro atoms. The zero-order chi connectivity index (χ0) is 14.9. The predicted octanol–water partition coefficient (Wildman–Crippen LogP) is 2.09. The number of aromatic nitrogens is 1. The summed E-state index contributed by atoms with van der Waals surface area (Å²) in [4.78, 5) is 25.2. The molecular weight excluding hydrogens is 296 g/mol. The molecule has 5 nitrogen and oxygen atoms in total. The zero-order valence-corrected chi connectivity index (χ0v) is 12.7. The molecule has 1 aromatic heterocycles. The number of carbonyl (C=O) groups is 2. The number of amides is 1. The Bertz CT molecular complexity index is 607. The number of hydrogen-bond donors (Lipinski definition) is 1. The summed E-state index contributed by atoms with van der Waals surface area (Å²) in [6.45, 7) is 1.72. The second-order valence-corrected chi connectivity index (χ2v) is 6.10. The van der Waals surface area contributed by atoms with Crippen LogP contribution >= 0.6 is 24.0 Å². The second kappa shape index (κ2) is 5.80. The molecule has 7 heteroatoms. The molecule has 1 saturated heterocycles. The molecule has 0 saturated carbocycles. The first kappa shape index (κ1) is 14.8. The highest BCUT2D eigenvalue weighted by Gasteiger charge is 2.39. The quantitative estimate of drug-likeness (QED) is 0.681. The summed E-state index contributed by atoms with van der Waals surface area (Å²) in [5.41, 5.74) is 0.886. The first-order chi connectivity index (χ1) is 9.43. The fraction of sp³-hybridized carbons (Fsp3) is 0.308. The van der Waals surface area contributed by atoms with Crippen molar-refractivity contribution in [2.75, 3.05) is 0 Å². The summed E-state index contributed by atoms with van der Waals surface area (Å²) in [5.74, 6) is -1.37. The van der Waals surface area contributed by atoms with Gasteiger partial charge in [0.2, 0.25) is 0 Å². The van der Waals surface area contributed by atoms with Gasteiger partial charge < -0.3 is 9.67 Å².